The second-order valence-electron chi connectivity index (χ2n) is 8.68. The zero-order valence-corrected chi connectivity index (χ0v) is 18.3. The molecule has 1 N–H and O–H groups in total. The molecule has 0 aliphatic carbocycles. The number of hydrogen-bond donors (Lipinski definition) is 1. The molecule has 3 aromatic rings. The third kappa shape index (κ3) is 6.02. The molecule has 0 spiro atoms. The summed E-state index contributed by atoms with van der Waals surface area (Å²) < 4.78 is 5.29. The molecule has 0 atom stereocenters. The molecule has 1 aromatic carbocycles. The van der Waals surface area contributed by atoms with Crippen molar-refractivity contribution in [3.05, 3.63) is 53.8 Å². The van der Waals surface area contributed by atoms with Gasteiger partial charge in [0.05, 0.1) is 5.69 Å². The lowest BCUT2D eigenvalue weighted by Crippen LogP contribution is -2.27. The molecule has 7 nitrogen and oxygen atoms in total. The number of nitrogens with one attached hydrogen (secondary N) is 1. The van der Waals surface area contributed by atoms with Gasteiger partial charge >= 0.3 is 0 Å². The van der Waals surface area contributed by atoms with E-state index in [4.69, 9.17) is 4.52 Å². The summed E-state index contributed by atoms with van der Waals surface area (Å²) in [6, 6.07) is 12.2. The van der Waals surface area contributed by atoms with Crippen LogP contribution in [-0.2, 0) is 23.1 Å². The van der Waals surface area contributed by atoms with E-state index < -0.39 is 0 Å². The van der Waals surface area contributed by atoms with Crippen molar-refractivity contribution in [2.24, 2.45) is 0 Å². The van der Waals surface area contributed by atoms with Gasteiger partial charge in [-0.25, -0.2) is 0 Å². The van der Waals surface area contributed by atoms with Crippen LogP contribution in [0.15, 0.2) is 40.9 Å². The minimum atomic E-state index is -0.131. The van der Waals surface area contributed by atoms with Gasteiger partial charge in [-0.05, 0) is 25.3 Å². The van der Waals surface area contributed by atoms with E-state index in [9.17, 15) is 4.79 Å². The summed E-state index contributed by atoms with van der Waals surface area (Å²) in [5.41, 5.74) is 3.00. The Morgan fingerprint density at radius 2 is 1.90 bits per heavy atom. The van der Waals surface area contributed by atoms with Crippen molar-refractivity contribution in [1.29, 1.82) is 0 Å². The Bertz CT molecular complexity index is 940. The summed E-state index contributed by atoms with van der Waals surface area (Å²) in [5, 5.41) is 11.5. The molecule has 160 valence electrons. The standard InChI is InChI=1S/C23H31N5O2/c1-23(2,3)22-24-20(30-27-22)13-8-14-21(29)28(4)15-9-12-18-16-19(26-25-18)17-10-6-5-7-11-17/h5-7,10-11,16H,8-9,12-15H2,1-4H3,(H,25,26). The number of rotatable bonds is 9. The van der Waals surface area contributed by atoms with E-state index in [0.29, 0.717) is 37.5 Å². The van der Waals surface area contributed by atoms with E-state index in [-0.39, 0.29) is 11.3 Å². The Kier molecular flexibility index (Phi) is 7.03. The third-order valence-electron chi connectivity index (χ3n) is 4.99. The molecule has 30 heavy (non-hydrogen) atoms. The van der Waals surface area contributed by atoms with Gasteiger partial charge in [0.25, 0.3) is 0 Å². The third-order valence-corrected chi connectivity index (χ3v) is 4.99. The maximum Gasteiger partial charge on any atom is 0.226 e. The lowest BCUT2D eigenvalue weighted by atomic mass is 9.96. The molecule has 0 saturated heterocycles. The number of hydrogen-bond acceptors (Lipinski definition) is 5. The largest absolute Gasteiger partial charge is 0.346 e. The van der Waals surface area contributed by atoms with Gasteiger partial charge < -0.3 is 9.42 Å². The number of nitrogens with zero attached hydrogens (tertiary/aromatic N) is 4. The first-order valence-electron chi connectivity index (χ1n) is 10.5. The quantitative estimate of drug-likeness (QED) is 0.573. The van der Waals surface area contributed by atoms with E-state index in [1.165, 1.54) is 0 Å². The minimum absolute atomic E-state index is 0.131. The van der Waals surface area contributed by atoms with Crippen LogP contribution < -0.4 is 0 Å². The molecule has 0 radical (unpaired) electrons. The maximum absolute atomic E-state index is 12.4. The van der Waals surface area contributed by atoms with Crippen molar-refractivity contribution in [3.8, 4) is 11.3 Å². The average Bonchev–Trinajstić information content (AvgIpc) is 3.38. The number of carbonyl (C=O) groups excluding carboxylic acids is 1. The van der Waals surface area contributed by atoms with E-state index in [2.05, 4.69) is 26.4 Å². The smallest absolute Gasteiger partial charge is 0.226 e. The number of carbonyl (C=O) groups is 1. The normalized spacial score (nSPS) is 11.6. The molecule has 0 aliphatic heterocycles. The van der Waals surface area contributed by atoms with E-state index in [1.807, 2.05) is 58.2 Å². The van der Waals surface area contributed by atoms with Crippen LogP contribution in [0.1, 0.15) is 57.4 Å². The van der Waals surface area contributed by atoms with Crippen LogP contribution in [0.3, 0.4) is 0 Å². The predicted octanol–water partition coefficient (Wildman–Crippen LogP) is 4.17. The summed E-state index contributed by atoms with van der Waals surface area (Å²) in [6.07, 6.45) is 3.55. The average molecular weight is 410 g/mol. The van der Waals surface area contributed by atoms with Crippen LogP contribution in [0, 0.1) is 0 Å². The van der Waals surface area contributed by atoms with Crippen molar-refractivity contribution in [2.75, 3.05) is 13.6 Å². The van der Waals surface area contributed by atoms with Gasteiger partial charge in [-0.1, -0.05) is 56.3 Å². The lowest BCUT2D eigenvalue weighted by molar-refractivity contribution is -0.130. The number of aromatic nitrogens is 4. The summed E-state index contributed by atoms with van der Waals surface area (Å²) in [4.78, 5) is 18.6. The molecule has 1 amide bonds. The van der Waals surface area contributed by atoms with Gasteiger partial charge in [-0.15, -0.1) is 0 Å². The van der Waals surface area contributed by atoms with Crippen LogP contribution >= 0.6 is 0 Å². The molecular formula is C23H31N5O2. The Hall–Kier alpha value is -2.96. The number of benzene rings is 1. The first kappa shape index (κ1) is 21.7. The highest BCUT2D eigenvalue weighted by Gasteiger charge is 2.21. The van der Waals surface area contributed by atoms with Gasteiger partial charge in [0, 0.05) is 43.1 Å². The molecule has 3 rings (SSSR count). The summed E-state index contributed by atoms with van der Waals surface area (Å²) in [6.45, 7) is 6.86. The fourth-order valence-corrected chi connectivity index (χ4v) is 3.12. The molecule has 0 bridgehead atoms. The van der Waals surface area contributed by atoms with Crippen molar-refractivity contribution in [1.82, 2.24) is 25.2 Å². The molecule has 0 aliphatic rings. The molecule has 0 saturated carbocycles. The van der Waals surface area contributed by atoms with Crippen molar-refractivity contribution < 1.29 is 9.32 Å². The molecular weight excluding hydrogens is 378 g/mol. The first-order chi connectivity index (χ1) is 14.3. The lowest BCUT2D eigenvalue weighted by Gasteiger charge is -2.16. The second-order valence-corrected chi connectivity index (χ2v) is 8.68. The zero-order chi connectivity index (χ0) is 21.6. The van der Waals surface area contributed by atoms with Crippen LogP contribution in [0.4, 0.5) is 0 Å². The van der Waals surface area contributed by atoms with Crippen molar-refractivity contribution >= 4 is 5.91 Å². The van der Waals surface area contributed by atoms with Gasteiger partial charge in [0.2, 0.25) is 11.8 Å². The Labute approximate surface area is 177 Å². The Balaban J connectivity index is 1.37. The fourth-order valence-electron chi connectivity index (χ4n) is 3.12. The molecule has 2 heterocycles. The minimum Gasteiger partial charge on any atom is -0.346 e. The maximum atomic E-state index is 12.4. The number of amides is 1. The van der Waals surface area contributed by atoms with Crippen LogP contribution in [0.25, 0.3) is 11.3 Å². The highest BCUT2D eigenvalue weighted by molar-refractivity contribution is 5.75. The molecule has 7 heteroatoms. The zero-order valence-electron chi connectivity index (χ0n) is 18.3. The predicted molar refractivity (Wildman–Crippen MR) is 116 cm³/mol. The van der Waals surface area contributed by atoms with E-state index in [1.54, 1.807) is 4.90 Å². The number of aryl methyl sites for hydroxylation is 2. The fraction of sp³-hybridized carbons (Fsp3) is 0.478. The number of aromatic amines is 1. The monoisotopic (exact) mass is 409 g/mol. The molecule has 2 aromatic heterocycles. The topological polar surface area (TPSA) is 87.9 Å². The van der Waals surface area contributed by atoms with Gasteiger partial charge in [-0.3, -0.25) is 9.89 Å². The SMILES string of the molecule is CN(CCCc1cc(-c2ccccc2)n[nH]1)C(=O)CCCc1nc(C(C)(C)C)no1. The second kappa shape index (κ2) is 9.69. The van der Waals surface area contributed by atoms with Crippen LogP contribution in [0.2, 0.25) is 0 Å². The summed E-state index contributed by atoms with van der Waals surface area (Å²) in [5.74, 6) is 1.44. The van der Waals surface area contributed by atoms with Crippen LogP contribution in [0.5, 0.6) is 0 Å². The van der Waals surface area contributed by atoms with Crippen molar-refractivity contribution in [3.63, 3.8) is 0 Å². The van der Waals surface area contributed by atoms with Gasteiger partial charge in [-0.2, -0.15) is 10.1 Å². The molecule has 0 fully saturated rings. The molecule has 0 unspecified atom stereocenters. The van der Waals surface area contributed by atoms with Gasteiger partial charge in [0.1, 0.15) is 0 Å². The first-order valence-corrected chi connectivity index (χ1v) is 10.5. The summed E-state index contributed by atoms with van der Waals surface area (Å²) >= 11 is 0. The highest BCUT2D eigenvalue weighted by Crippen LogP contribution is 2.19. The highest BCUT2D eigenvalue weighted by atomic mass is 16.5. The Morgan fingerprint density at radius 3 is 2.60 bits per heavy atom. The van der Waals surface area contributed by atoms with Gasteiger partial charge in [0.15, 0.2) is 5.82 Å². The number of H-pyrrole nitrogens is 1. The summed E-state index contributed by atoms with van der Waals surface area (Å²) in [7, 11) is 1.86. The van der Waals surface area contributed by atoms with Crippen LogP contribution in [-0.4, -0.2) is 44.7 Å². The van der Waals surface area contributed by atoms with E-state index in [0.717, 1.165) is 29.8 Å². The van der Waals surface area contributed by atoms with Crippen molar-refractivity contribution in [2.45, 2.75) is 58.3 Å². The Morgan fingerprint density at radius 1 is 1.13 bits per heavy atom. The van der Waals surface area contributed by atoms with E-state index >= 15 is 0 Å².